The molecule has 1 aliphatic rings. The molecule has 2 amide bonds. The standard InChI is InChI=1S/C22H26FN3O4S/c23-19-10-4-5-11-20(19)31(29,30)24-17-22(28)26-15-13-25(14-16-26)21(27)12-6-9-18-7-2-1-3-8-18/h1-5,7-8,10-11,24H,6,9,12-17H2. The first-order valence-corrected chi connectivity index (χ1v) is 11.7. The van der Waals surface area contributed by atoms with E-state index in [2.05, 4.69) is 4.72 Å². The molecule has 0 aromatic heterocycles. The van der Waals surface area contributed by atoms with Crippen molar-refractivity contribution < 1.29 is 22.4 Å². The summed E-state index contributed by atoms with van der Waals surface area (Å²) in [6.07, 6.45) is 2.05. The number of aryl methyl sites for hydroxylation is 1. The molecule has 3 rings (SSSR count). The van der Waals surface area contributed by atoms with Gasteiger partial charge in [-0.15, -0.1) is 0 Å². The molecule has 166 valence electrons. The lowest BCUT2D eigenvalue weighted by Gasteiger charge is -2.35. The van der Waals surface area contributed by atoms with E-state index < -0.39 is 33.2 Å². The Morgan fingerprint density at radius 1 is 0.871 bits per heavy atom. The Morgan fingerprint density at radius 3 is 2.10 bits per heavy atom. The van der Waals surface area contributed by atoms with Crippen LogP contribution in [0.25, 0.3) is 0 Å². The summed E-state index contributed by atoms with van der Waals surface area (Å²) in [4.78, 5) is 27.5. The van der Waals surface area contributed by atoms with Crippen LogP contribution < -0.4 is 4.72 Å². The van der Waals surface area contributed by atoms with Gasteiger partial charge >= 0.3 is 0 Å². The fraction of sp³-hybridized carbons (Fsp3) is 0.364. The van der Waals surface area contributed by atoms with E-state index in [4.69, 9.17) is 0 Å². The third-order valence-electron chi connectivity index (χ3n) is 5.22. The predicted molar refractivity (Wildman–Crippen MR) is 114 cm³/mol. The van der Waals surface area contributed by atoms with Crippen LogP contribution >= 0.6 is 0 Å². The van der Waals surface area contributed by atoms with Crippen LogP contribution in [-0.2, 0) is 26.0 Å². The van der Waals surface area contributed by atoms with Gasteiger partial charge in [-0.05, 0) is 30.5 Å². The molecule has 0 saturated carbocycles. The van der Waals surface area contributed by atoms with Crippen LogP contribution in [0.2, 0.25) is 0 Å². The highest BCUT2D eigenvalue weighted by molar-refractivity contribution is 7.89. The summed E-state index contributed by atoms with van der Waals surface area (Å²) in [5.41, 5.74) is 1.20. The predicted octanol–water partition coefficient (Wildman–Crippen LogP) is 1.80. The highest BCUT2D eigenvalue weighted by atomic mass is 32.2. The van der Waals surface area contributed by atoms with E-state index >= 15 is 0 Å². The van der Waals surface area contributed by atoms with Crippen LogP contribution in [0.3, 0.4) is 0 Å². The number of sulfonamides is 1. The molecule has 0 aliphatic carbocycles. The fourth-order valence-corrected chi connectivity index (χ4v) is 4.51. The minimum absolute atomic E-state index is 0.0586. The first-order chi connectivity index (χ1) is 14.9. The number of hydrogen-bond acceptors (Lipinski definition) is 4. The van der Waals surface area contributed by atoms with Crippen LogP contribution in [0.1, 0.15) is 18.4 Å². The molecule has 0 bridgehead atoms. The summed E-state index contributed by atoms with van der Waals surface area (Å²) in [6.45, 7) is 1.04. The molecule has 31 heavy (non-hydrogen) atoms. The summed E-state index contributed by atoms with van der Waals surface area (Å²) in [6, 6.07) is 15.0. The Bertz CT molecular complexity index is 1010. The molecule has 9 heteroatoms. The van der Waals surface area contributed by atoms with Gasteiger partial charge in [0.2, 0.25) is 21.8 Å². The Labute approximate surface area is 181 Å². The summed E-state index contributed by atoms with van der Waals surface area (Å²) in [7, 11) is -4.12. The zero-order valence-corrected chi connectivity index (χ0v) is 18.0. The van der Waals surface area contributed by atoms with Crippen LogP contribution in [0, 0.1) is 5.82 Å². The lowest BCUT2D eigenvalue weighted by molar-refractivity contribution is -0.138. The first kappa shape index (κ1) is 22.9. The highest BCUT2D eigenvalue weighted by Crippen LogP contribution is 2.13. The topological polar surface area (TPSA) is 86.8 Å². The van der Waals surface area contributed by atoms with Crippen LogP contribution in [-0.4, -0.2) is 62.8 Å². The van der Waals surface area contributed by atoms with Gasteiger partial charge in [-0.25, -0.2) is 17.5 Å². The average Bonchev–Trinajstić information content (AvgIpc) is 2.78. The van der Waals surface area contributed by atoms with Crippen molar-refractivity contribution in [3.05, 3.63) is 66.0 Å². The molecule has 1 N–H and O–H groups in total. The number of halogens is 1. The van der Waals surface area contributed by atoms with E-state index in [-0.39, 0.29) is 5.91 Å². The minimum atomic E-state index is -4.12. The van der Waals surface area contributed by atoms with Crippen molar-refractivity contribution >= 4 is 21.8 Å². The summed E-state index contributed by atoms with van der Waals surface area (Å²) in [5, 5.41) is 0. The summed E-state index contributed by atoms with van der Waals surface area (Å²) >= 11 is 0. The molecule has 2 aromatic carbocycles. The van der Waals surface area contributed by atoms with E-state index in [1.54, 1.807) is 4.90 Å². The van der Waals surface area contributed by atoms with Gasteiger partial charge in [0.25, 0.3) is 0 Å². The van der Waals surface area contributed by atoms with Crippen molar-refractivity contribution in [2.45, 2.75) is 24.2 Å². The molecule has 1 heterocycles. The van der Waals surface area contributed by atoms with Gasteiger partial charge in [0.15, 0.2) is 0 Å². The number of amides is 2. The molecule has 0 atom stereocenters. The van der Waals surface area contributed by atoms with Gasteiger partial charge in [0.05, 0.1) is 6.54 Å². The Morgan fingerprint density at radius 2 is 1.45 bits per heavy atom. The number of rotatable bonds is 8. The van der Waals surface area contributed by atoms with E-state index in [0.29, 0.717) is 32.6 Å². The maximum absolute atomic E-state index is 13.7. The molecule has 7 nitrogen and oxygen atoms in total. The number of nitrogens with one attached hydrogen (secondary N) is 1. The van der Waals surface area contributed by atoms with Gasteiger partial charge in [0, 0.05) is 32.6 Å². The summed E-state index contributed by atoms with van der Waals surface area (Å²) in [5.74, 6) is -1.22. The number of benzene rings is 2. The average molecular weight is 448 g/mol. The monoisotopic (exact) mass is 447 g/mol. The van der Waals surface area contributed by atoms with Crippen molar-refractivity contribution in [1.29, 1.82) is 0 Å². The number of nitrogens with zero attached hydrogens (tertiary/aromatic N) is 2. The third kappa shape index (κ3) is 6.35. The van der Waals surface area contributed by atoms with Gasteiger partial charge < -0.3 is 9.80 Å². The van der Waals surface area contributed by atoms with Gasteiger partial charge in [-0.3, -0.25) is 9.59 Å². The Kier molecular flexibility index (Phi) is 7.75. The highest BCUT2D eigenvalue weighted by Gasteiger charge is 2.25. The van der Waals surface area contributed by atoms with Crippen LogP contribution in [0.15, 0.2) is 59.5 Å². The second kappa shape index (κ2) is 10.5. The molecule has 1 aliphatic heterocycles. The number of carbonyl (C=O) groups excluding carboxylic acids is 2. The van der Waals surface area contributed by atoms with E-state index in [1.807, 2.05) is 30.3 Å². The molecule has 0 unspecified atom stereocenters. The van der Waals surface area contributed by atoms with Crippen LogP contribution in [0.4, 0.5) is 4.39 Å². The smallest absolute Gasteiger partial charge is 0.243 e. The largest absolute Gasteiger partial charge is 0.339 e. The molecular formula is C22H26FN3O4S. The van der Waals surface area contributed by atoms with Gasteiger partial charge in [0.1, 0.15) is 10.7 Å². The van der Waals surface area contributed by atoms with Crippen molar-refractivity contribution in [3.8, 4) is 0 Å². The lowest BCUT2D eigenvalue weighted by atomic mass is 10.1. The van der Waals surface area contributed by atoms with E-state index in [1.165, 1.54) is 22.6 Å². The minimum Gasteiger partial charge on any atom is -0.339 e. The molecule has 1 saturated heterocycles. The Balaban J connectivity index is 1.41. The van der Waals surface area contributed by atoms with Crippen LogP contribution in [0.5, 0.6) is 0 Å². The SMILES string of the molecule is O=C(CCCc1ccccc1)N1CCN(C(=O)CNS(=O)(=O)c2ccccc2F)CC1. The Hall–Kier alpha value is -2.78. The molecule has 0 radical (unpaired) electrons. The van der Waals surface area contributed by atoms with Gasteiger partial charge in [-0.1, -0.05) is 42.5 Å². The molecule has 2 aromatic rings. The second-order valence-corrected chi connectivity index (χ2v) is 9.09. The van der Waals surface area contributed by atoms with Crippen molar-refractivity contribution in [3.63, 3.8) is 0 Å². The third-order valence-corrected chi connectivity index (χ3v) is 6.66. The van der Waals surface area contributed by atoms with Crippen molar-refractivity contribution in [2.24, 2.45) is 0 Å². The number of carbonyl (C=O) groups is 2. The van der Waals surface area contributed by atoms with Crippen molar-refractivity contribution in [2.75, 3.05) is 32.7 Å². The first-order valence-electron chi connectivity index (χ1n) is 10.2. The van der Waals surface area contributed by atoms with E-state index in [0.717, 1.165) is 25.0 Å². The van der Waals surface area contributed by atoms with Crippen molar-refractivity contribution in [1.82, 2.24) is 14.5 Å². The number of hydrogen-bond donors (Lipinski definition) is 1. The zero-order chi connectivity index (χ0) is 22.3. The second-order valence-electron chi connectivity index (χ2n) is 7.36. The molecule has 1 fully saturated rings. The lowest BCUT2D eigenvalue weighted by Crippen LogP contribution is -2.52. The fourth-order valence-electron chi connectivity index (χ4n) is 3.46. The van der Waals surface area contributed by atoms with E-state index in [9.17, 15) is 22.4 Å². The normalized spacial score (nSPS) is 14.5. The zero-order valence-electron chi connectivity index (χ0n) is 17.2. The summed E-state index contributed by atoms with van der Waals surface area (Å²) < 4.78 is 40.3. The maximum Gasteiger partial charge on any atom is 0.243 e. The number of piperazine rings is 1. The quantitative estimate of drug-likeness (QED) is 0.669. The van der Waals surface area contributed by atoms with Gasteiger partial charge in [-0.2, -0.15) is 0 Å². The molecule has 0 spiro atoms. The molecular weight excluding hydrogens is 421 g/mol. The maximum atomic E-state index is 13.7.